The number of hydrogen-bond donors (Lipinski definition) is 1. The van der Waals surface area contributed by atoms with Crippen molar-refractivity contribution in [2.75, 3.05) is 24.5 Å². The van der Waals surface area contributed by atoms with Crippen LogP contribution in [0.5, 0.6) is 0 Å². The van der Waals surface area contributed by atoms with Gasteiger partial charge in [-0.05, 0) is 35.7 Å². The van der Waals surface area contributed by atoms with Crippen LogP contribution in [0.3, 0.4) is 0 Å². The molecule has 1 fully saturated rings. The molecule has 0 bridgehead atoms. The van der Waals surface area contributed by atoms with Gasteiger partial charge in [-0.3, -0.25) is 9.59 Å². The van der Waals surface area contributed by atoms with Gasteiger partial charge in [0.25, 0.3) is 5.91 Å². The van der Waals surface area contributed by atoms with E-state index in [2.05, 4.69) is 21.9 Å². The Balaban J connectivity index is 2.04. The molecule has 1 aromatic rings. The molecule has 1 heterocycles. The van der Waals surface area contributed by atoms with Crippen molar-refractivity contribution in [1.82, 2.24) is 5.32 Å². The molecule has 2 rings (SSSR count). The van der Waals surface area contributed by atoms with Crippen LogP contribution in [0.15, 0.2) is 42.0 Å². The summed E-state index contributed by atoms with van der Waals surface area (Å²) in [6.45, 7) is 4.80. The quantitative estimate of drug-likeness (QED) is 0.377. The lowest BCUT2D eigenvalue weighted by Gasteiger charge is -2.16. The summed E-state index contributed by atoms with van der Waals surface area (Å²) in [4.78, 5) is 28.2. The number of anilines is 1. The molecule has 1 N–H and O–H groups in total. The Bertz CT molecular complexity index is 619. The first kappa shape index (κ1) is 15.6. The molecule has 1 aliphatic rings. The molecular weight excluding hydrogens is 282 g/mol. The predicted octanol–water partition coefficient (Wildman–Crippen LogP) is 2.27. The smallest absolute Gasteiger partial charge is 0.251 e. The van der Waals surface area contributed by atoms with Crippen molar-refractivity contribution in [3.8, 4) is 0 Å². The maximum Gasteiger partial charge on any atom is 0.251 e. The number of rotatable bonds is 6. The highest BCUT2D eigenvalue weighted by molar-refractivity contribution is 5.97. The van der Waals surface area contributed by atoms with Crippen LogP contribution in [0, 0.1) is 5.92 Å². The number of carbonyl (C=O) groups excluding carboxylic acids is 2. The monoisotopic (exact) mass is 299 g/mol. The fourth-order valence-corrected chi connectivity index (χ4v) is 2.37. The molecule has 1 atom stereocenters. The molecule has 0 aliphatic carbocycles. The maximum atomic E-state index is 12.0. The van der Waals surface area contributed by atoms with Crippen LogP contribution in [0.4, 0.5) is 5.69 Å². The van der Waals surface area contributed by atoms with E-state index in [-0.39, 0.29) is 17.7 Å². The highest BCUT2D eigenvalue weighted by atomic mass is 16.2. The number of hydrogen-bond acceptors (Lipinski definition) is 3. The van der Waals surface area contributed by atoms with Crippen molar-refractivity contribution in [2.24, 2.45) is 11.0 Å². The average Bonchev–Trinajstić information content (AvgIpc) is 2.91. The highest BCUT2D eigenvalue weighted by Gasteiger charge is 2.30. The number of azide groups is 1. The predicted molar refractivity (Wildman–Crippen MR) is 83.4 cm³/mol. The Kier molecular flexibility index (Phi) is 5.16. The van der Waals surface area contributed by atoms with Crippen LogP contribution in [0.1, 0.15) is 16.8 Å². The molecule has 0 saturated carbocycles. The second kappa shape index (κ2) is 7.28. The lowest BCUT2D eigenvalue weighted by molar-refractivity contribution is -0.117. The number of amides is 2. The van der Waals surface area contributed by atoms with E-state index < -0.39 is 0 Å². The molecule has 1 saturated heterocycles. The minimum absolute atomic E-state index is 0.00185. The number of nitrogens with one attached hydrogen (secondary N) is 1. The van der Waals surface area contributed by atoms with Gasteiger partial charge in [-0.2, -0.15) is 0 Å². The second-order valence-electron chi connectivity index (χ2n) is 5.03. The molecule has 0 radical (unpaired) electrons. The molecule has 0 aromatic heterocycles. The second-order valence-corrected chi connectivity index (χ2v) is 5.03. The first-order valence-electron chi connectivity index (χ1n) is 6.96. The topological polar surface area (TPSA) is 98.2 Å². The number of carbonyl (C=O) groups is 2. The van der Waals surface area contributed by atoms with Gasteiger partial charge in [0.15, 0.2) is 0 Å². The third-order valence-corrected chi connectivity index (χ3v) is 3.46. The molecule has 22 heavy (non-hydrogen) atoms. The van der Waals surface area contributed by atoms with Crippen LogP contribution < -0.4 is 10.2 Å². The summed E-state index contributed by atoms with van der Waals surface area (Å²) in [6.07, 6.45) is 1.99. The minimum Gasteiger partial charge on any atom is -0.349 e. The van der Waals surface area contributed by atoms with Gasteiger partial charge in [0.1, 0.15) is 0 Å². The summed E-state index contributed by atoms with van der Waals surface area (Å²) in [5, 5.41) is 6.22. The molecule has 7 heteroatoms. The van der Waals surface area contributed by atoms with Gasteiger partial charge in [-0.25, -0.2) is 0 Å². The van der Waals surface area contributed by atoms with Gasteiger partial charge < -0.3 is 10.2 Å². The van der Waals surface area contributed by atoms with E-state index in [0.717, 1.165) is 5.69 Å². The summed E-state index contributed by atoms with van der Waals surface area (Å²) in [5.41, 5.74) is 9.61. The number of nitrogens with zero attached hydrogens (tertiary/aromatic N) is 4. The van der Waals surface area contributed by atoms with Crippen LogP contribution in [0.25, 0.3) is 10.4 Å². The SMILES string of the molecule is C=CCNC(=O)c1ccc(N2CC(CN=[N+]=[N-])CC2=O)cc1. The fourth-order valence-electron chi connectivity index (χ4n) is 2.37. The fraction of sp³-hybridized carbons (Fsp3) is 0.333. The zero-order valence-corrected chi connectivity index (χ0v) is 12.1. The summed E-state index contributed by atoms with van der Waals surface area (Å²) in [6, 6.07) is 6.86. The summed E-state index contributed by atoms with van der Waals surface area (Å²) in [7, 11) is 0. The third kappa shape index (κ3) is 3.65. The molecule has 0 spiro atoms. The van der Waals surface area contributed by atoms with Crippen molar-refractivity contribution >= 4 is 17.5 Å². The van der Waals surface area contributed by atoms with Crippen molar-refractivity contribution in [3.63, 3.8) is 0 Å². The summed E-state index contributed by atoms with van der Waals surface area (Å²) >= 11 is 0. The van der Waals surface area contributed by atoms with Gasteiger partial charge >= 0.3 is 0 Å². The van der Waals surface area contributed by atoms with E-state index in [1.807, 2.05) is 0 Å². The lowest BCUT2D eigenvalue weighted by atomic mass is 10.1. The van der Waals surface area contributed by atoms with Gasteiger partial charge in [0.05, 0.1) is 0 Å². The van der Waals surface area contributed by atoms with E-state index in [9.17, 15) is 9.59 Å². The average molecular weight is 299 g/mol. The van der Waals surface area contributed by atoms with E-state index in [1.54, 1.807) is 35.2 Å². The van der Waals surface area contributed by atoms with E-state index in [4.69, 9.17) is 5.53 Å². The Hall–Kier alpha value is -2.79. The first-order valence-corrected chi connectivity index (χ1v) is 6.96. The molecule has 7 nitrogen and oxygen atoms in total. The summed E-state index contributed by atoms with van der Waals surface area (Å²) in [5.74, 6) is -0.138. The van der Waals surface area contributed by atoms with Crippen LogP contribution in [-0.2, 0) is 4.79 Å². The highest BCUT2D eigenvalue weighted by Crippen LogP contribution is 2.25. The Morgan fingerprint density at radius 3 is 2.86 bits per heavy atom. The van der Waals surface area contributed by atoms with Gasteiger partial charge in [-0.1, -0.05) is 11.2 Å². The Morgan fingerprint density at radius 1 is 1.50 bits per heavy atom. The van der Waals surface area contributed by atoms with Crippen LogP contribution in [-0.4, -0.2) is 31.4 Å². The van der Waals surface area contributed by atoms with Crippen molar-refractivity contribution in [3.05, 3.63) is 52.9 Å². The molecule has 114 valence electrons. The van der Waals surface area contributed by atoms with Crippen LogP contribution in [0.2, 0.25) is 0 Å². The van der Waals surface area contributed by atoms with Crippen molar-refractivity contribution < 1.29 is 9.59 Å². The van der Waals surface area contributed by atoms with E-state index in [1.165, 1.54) is 0 Å². The lowest BCUT2D eigenvalue weighted by Crippen LogP contribution is -2.25. The standard InChI is InChI=1S/C15H17N5O2/c1-2-7-17-15(22)12-3-5-13(6-4-12)20-10-11(8-14(20)21)9-18-19-16/h2-6,11H,1,7-10H2,(H,17,22). The normalized spacial score (nSPS) is 17.0. The first-order chi connectivity index (χ1) is 10.7. The Morgan fingerprint density at radius 2 is 2.23 bits per heavy atom. The summed E-state index contributed by atoms with van der Waals surface area (Å²) < 4.78 is 0. The molecule has 1 unspecified atom stereocenters. The van der Waals surface area contributed by atoms with Crippen molar-refractivity contribution in [2.45, 2.75) is 6.42 Å². The van der Waals surface area contributed by atoms with E-state index >= 15 is 0 Å². The van der Waals surface area contributed by atoms with Gasteiger partial charge in [0.2, 0.25) is 5.91 Å². The molecular formula is C15H17N5O2. The maximum absolute atomic E-state index is 12.0. The van der Waals surface area contributed by atoms with E-state index in [0.29, 0.717) is 31.6 Å². The number of benzene rings is 1. The van der Waals surface area contributed by atoms with Gasteiger partial charge in [-0.15, -0.1) is 6.58 Å². The molecule has 1 aromatic carbocycles. The zero-order valence-electron chi connectivity index (χ0n) is 12.1. The largest absolute Gasteiger partial charge is 0.349 e. The molecule has 2 amide bonds. The third-order valence-electron chi connectivity index (χ3n) is 3.46. The Labute approximate surface area is 128 Å². The van der Waals surface area contributed by atoms with Crippen LogP contribution >= 0.6 is 0 Å². The zero-order chi connectivity index (χ0) is 15.9. The minimum atomic E-state index is -0.180. The van der Waals surface area contributed by atoms with Gasteiger partial charge in [0, 0.05) is 42.2 Å². The molecule has 1 aliphatic heterocycles. The van der Waals surface area contributed by atoms with Crippen molar-refractivity contribution in [1.29, 1.82) is 0 Å².